The van der Waals surface area contributed by atoms with E-state index in [0.717, 1.165) is 12.8 Å². The van der Waals surface area contributed by atoms with E-state index in [9.17, 15) is 0 Å². The van der Waals surface area contributed by atoms with Crippen molar-refractivity contribution in [3.05, 3.63) is 35.9 Å². The summed E-state index contributed by atoms with van der Waals surface area (Å²) in [7, 11) is -2.17. The van der Waals surface area contributed by atoms with Crippen molar-refractivity contribution in [3.63, 3.8) is 0 Å². The lowest BCUT2D eigenvalue weighted by atomic mass is 9.86. The van der Waals surface area contributed by atoms with Gasteiger partial charge in [0.05, 0.1) is 0 Å². The molecule has 0 bridgehead atoms. The number of hydrogen-bond acceptors (Lipinski definition) is 0. The topological polar surface area (TPSA) is 0 Å². The average molecular weight is 331 g/mol. The minimum Gasteiger partial charge on any atom is -0.165 e. The van der Waals surface area contributed by atoms with Crippen molar-refractivity contribution in [1.29, 1.82) is 0 Å². The second kappa shape index (κ2) is 7.33. The third-order valence-corrected chi connectivity index (χ3v) is 14.7. The molecular weight excluding hydrogens is 303 g/mol. The molecule has 20 heavy (non-hydrogen) atoms. The van der Waals surface area contributed by atoms with E-state index in [0.29, 0.717) is 17.0 Å². The molecule has 0 aromatic heterocycles. The molecule has 0 amide bonds. The quantitative estimate of drug-likeness (QED) is 0.313. The van der Waals surface area contributed by atoms with Crippen LogP contribution in [0.25, 0.3) is 0 Å². The van der Waals surface area contributed by atoms with Crippen molar-refractivity contribution in [1.82, 2.24) is 0 Å². The molecule has 3 heteroatoms. The molecule has 1 rings (SSSR count). The maximum Gasteiger partial charge on any atom is 0.184 e. The highest BCUT2D eigenvalue weighted by atomic mass is 35.6. The summed E-state index contributed by atoms with van der Waals surface area (Å²) in [6.07, 6.45) is 2.22. The first-order chi connectivity index (χ1) is 9.38. The van der Waals surface area contributed by atoms with Gasteiger partial charge in [-0.25, -0.2) is 0 Å². The average Bonchev–Trinajstić information content (AvgIpc) is 2.52. The second-order valence-corrected chi connectivity index (χ2v) is 13.0. The van der Waals surface area contributed by atoms with Gasteiger partial charge in [0.2, 0.25) is 0 Å². The van der Waals surface area contributed by atoms with E-state index in [4.69, 9.17) is 22.7 Å². The Kier molecular flexibility index (Phi) is 6.62. The Labute approximate surface area is 135 Å². The van der Waals surface area contributed by atoms with E-state index in [1.807, 2.05) is 0 Å². The Morgan fingerprint density at radius 2 is 1.65 bits per heavy atom. The van der Waals surface area contributed by atoms with Gasteiger partial charge in [-0.3, -0.25) is 0 Å². The molecule has 0 aliphatic carbocycles. The van der Waals surface area contributed by atoms with Crippen LogP contribution in [-0.2, 0) is 5.04 Å². The molecule has 0 spiro atoms. The van der Waals surface area contributed by atoms with Crippen LogP contribution in [0.5, 0.6) is 0 Å². The van der Waals surface area contributed by atoms with Gasteiger partial charge in [0.15, 0.2) is 7.38 Å². The number of hydrogen-bond donors (Lipinski definition) is 0. The lowest BCUT2D eigenvalue weighted by Gasteiger charge is -2.49. The van der Waals surface area contributed by atoms with Crippen LogP contribution in [0.15, 0.2) is 30.3 Å². The van der Waals surface area contributed by atoms with Crippen molar-refractivity contribution in [2.24, 2.45) is 5.92 Å². The van der Waals surface area contributed by atoms with E-state index >= 15 is 0 Å². The Bertz CT molecular complexity index is 409. The lowest BCUT2D eigenvalue weighted by Crippen LogP contribution is -2.58. The van der Waals surface area contributed by atoms with E-state index < -0.39 is 7.38 Å². The third kappa shape index (κ3) is 2.96. The maximum atomic E-state index is 7.30. The molecule has 0 fully saturated rings. The molecule has 0 aliphatic heterocycles. The smallest absolute Gasteiger partial charge is 0.165 e. The fraction of sp³-hybridized carbons (Fsp3) is 0.647. The minimum atomic E-state index is -2.17. The summed E-state index contributed by atoms with van der Waals surface area (Å²) in [5, 5.41) is 0.00173. The number of halogens is 2. The molecule has 0 saturated heterocycles. The van der Waals surface area contributed by atoms with Crippen LogP contribution in [-0.4, -0.2) is 12.9 Å². The highest BCUT2D eigenvalue weighted by molar-refractivity contribution is 7.24. The molecule has 0 heterocycles. The van der Waals surface area contributed by atoms with Crippen LogP contribution in [0.1, 0.15) is 53.0 Å². The van der Waals surface area contributed by atoms with Crippen LogP contribution < -0.4 is 0 Å². The van der Waals surface area contributed by atoms with Gasteiger partial charge >= 0.3 is 0 Å². The molecule has 0 radical (unpaired) electrons. The third-order valence-electron chi connectivity index (χ3n) is 5.42. The zero-order valence-corrected chi connectivity index (χ0v) is 15.9. The van der Waals surface area contributed by atoms with E-state index in [-0.39, 0.29) is 5.04 Å². The molecule has 0 N–H and O–H groups in total. The Morgan fingerprint density at radius 1 is 1.10 bits per heavy atom. The van der Waals surface area contributed by atoms with E-state index in [2.05, 4.69) is 65.0 Å². The van der Waals surface area contributed by atoms with E-state index in [1.165, 1.54) is 5.56 Å². The van der Waals surface area contributed by atoms with Gasteiger partial charge < -0.3 is 0 Å². The number of alkyl halides is 1. The summed E-state index contributed by atoms with van der Waals surface area (Å²) in [5.74, 6) is 0.529. The van der Waals surface area contributed by atoms with Crippen molar-refractivity contribution >= 4 is 30.1 Å². The van der Waals surface area contributed by atoms with Gasteiger partial charge in [0.25, 0.3) is 0 Å². The molecule has 1 aromatic carbocycles. The molecule has 1 aromatic rings. The fourth-order valence-electron chi connectivity index (χ4n) is 3.23. The first-order valence-electron chi connectivity index (χ1n) is 7.68. The van der Waals surface area contributed by atoms with Crippen LogP contribution in [0, 0.1) is 5.92 Å². The van der Waals surface area contributed by atoms with Crippen molar-refractivity contribution in [3.8, 4) is 0 Å². The normalized spacial score (nSPS) is 20.8. The summed E-state index contributed by atoms with van der Waals surface area (Å²) < 4.78 is 0. The number of rotatable bonds is 7. The predicted molar refractivity (Wildman–Crippen MR) is 95.3 cm³/mol. The van der Waals surface area contributed by atoms with Crippen LogP contribution >= 0.6 is 22.7 Å². The van der Waals surface area contributed by atoms with Gasteiger partial charge in [-0.2, -0.15) is 11.1 Å². The zero-order valence-electron chi connectivity index (χ0n) is 13.4. The van der Waals surface area contributed by atoms with Gasteiger partial charge in [-0.05, 0) is 17.0 Å². The van der Waals surface area contributed by atoms with E-state index in [1.54, 1.807) is 0 Å². The molecule has 4 atom stereocenters. The summed E-state index contributed by atoms with van der Waals surface area (Å²) in [6.45, 7) is 11.4. The molecule has 0 nitrogen and oxygen atoms in total. The highest BCUT2D eigenvalue weighted by Gasteiger charge is 2.55. The van der Waals surface area contributed by atoms with Crippen LogP contribution in [0.2, 0.25) is 5.54 Å². The first-order valence-corrected chi connectivity index (χ1v) is 11.5. The maximum absolute atomic E-state index is 7.30. The Morgan fingerprint density at radius 3 is 2.05 bits per heavy atom. The molecule has 0 aliphatic rings. The summed E-state index contributed by atoms with van der Waals surface area (Å²) >= 11 is 13.7. The summed E-state index contributed by atoms with van der Waals surface area (Å²) in [6, 6.07) is 10.8. The molecule has 4 unspecified atom stereocenters. The standard InChI is InChI=1S/C17H28Cl2Si/c1-6-14(3)17(5,16-11-9-8-10-12-16)20(19,13-18)15(4)7-2/h8-12,14-15H,6-7,13H2,1-5H3. The SMILES string of the molecule is CCC(C)C(C)(c1ccccc1)[Si](Cl)(CCl)C(C)CC. The largest absolute Gasteiger partial charge is 0.184 e. The Balaban J connectivity index is 3.45. The van der Waals surface area contributed by atoms with Crippen LogP contribution in [0.4, 0.5) is 0 Å². The van der Waals surface area contributed by atoms with Gasteiger partial charge in [0.1, 0.15) is 0 Å². The fourth-order valence-corrected chi connectivity index (χ4v) is 10.1. The summed E-state index contributed by atoms with van der Waals surface area (Å²) in [4.78, 5) is 0. The molecule has 114 valence electrons. The summed E-state index contributed by atoms with van der Waals surface area (Å²) in [5.41, 5.74) is 2.47. The molecule has 0 saturated carbocycles. The predicted octanol–water partition coefficient (Wildman–Crippen LogP) is 6.29. The number of benzene rings is 1. The van der Waals surface area contributed by atoms with Gasteiger partial charge in [-0.15, -0.1) is 11.6 Å². The van der Waals surface area contributed by atoms with Crippen molar-refractivity contribution in [2.75, 3.05) is 5.50 Å². The molecular formula is C17H28Cl2Si. The van der Waals surface area contributed by atoms with Crippen LogP contribution in [0.3, 0.4) is 0 Å². The zero-order chi connectivity index (χ0) is 15.4. The van der Waals surface area contributed by atoms with Crippen molar-refractivity contribution in [2.45, 2.75) is 58.0 Å². The van der Waals surface area contributed by atoms with Gasteiger partial charge in [0, 0.05) is 10.5 Å². The monoisotopic (exact) mass is 330 g/mol. The van der Waals surface area contributed by atoms with Gasteiger partial charge in [-0.1, -0.05) is 77.8 Å². The lowest BCUT2D eigenvalue weighted by molar-refractivity contribution is 0.401. The Hall–Kier alpha value is 0.0169. The first kappa shape index (κ1) is 18.1. The van der Waals surface area contributed by atoms with Crippen molar-refractivity contribution < 1.29 is 0 Å². The minimum absolute atomic E-state index is 0.00173. The highest BCUT2D eigenvalue weighted by Crippen LogP contribution is 2.50. The second-order valence-electron chi connectivity index (χ2n) is 6.18.